The zero-order valence-electron chi connectivity index (χ0n) is 11.7. The van der Waals surface area contributed by atoms with Crippen LogP contribution in [0.15, 0.2) is 18.5 Å². The quantitative estimate of drug-likeness (QED) is 0.849. The fourth-order valence-corrected chi connectivity index (χ4v) is 1.98. The Morgan fingerprint density at radius 3 is 2.75 bits per heavy atom. The fourth-order valence-electron chi connectivity index (χ4n) is 1.98. The van der Waals surface area contributed by atoms with Crippen molar-refractivity contribution < 1.29 is 8.78 Å². The van der Waals surface area contributed by atoms with Crippen LogP contribution >= 0.6 is 0 Å². The molecular formula is C13H19F2N5. The summed E-state index contributed by atoms with van der Waals surface area (Å²) in [4.78, 5) is 0. The highest BCUT2D eigenvalue weighted by molar-refractivity contribution is 5.15. The Labute approximate surface area is 116 Å². The summed E-state index contributed by atoms with van der Waals surface area (Å²) >= 11 is 0. The first-order valence-electron chi connectivity index (χ1n) is 6.66. The summed E-state index contributed by atoms with van der Waals surface area (Å²) in [5, 5.41) is 11.4. The molecule has 0 spiro atoms. The summed E-state index contributed by atoms with van der Waals surface area (Å²) in [5.74, 6) is 0. The molecule has 2 aromatic heterocycles. The van der Waals surface area contributed by atoms with Gasteiger partial charge in [-0.05, 0) is 19.4 Å². The lowest BCUT2D eigenvalue weighted by Gasteiger charge is -2.01. The maximum absolute atomic E-state index is 12.4. The Hall–Kier alpha value is -1.76. The van der Waals surface area contributed by atoms with Crippen LogP contribution in [0.1, 0.15) is 36.8 Å². The van der Waals surface area contributed by atoms with Crippen molar-refractivity contribution in [1.82, 2.24) is 24.9 Å². The van der Waals surface area contributed by atoms with Gasteiger partial charge in [-0.1, -0.05) is 6.92 Å². The van der Waals surface area contributed by atoms with Crippen molar-refractivity contribution in [3.8, 4) is 0 Å². The number of alkyl halides is 2. The molecule has 0 aromatic carbocycles. The van der Waals surface area contributed by atoms with E-state index in [1.165, 1.54) is 6.20 Å². The number of aromatic nitrogens is 4. The minimum Gasteiger partial charge on any atom is -0.307 e. The number of aryl methyl sites for hydroxylation is 2. The summed E-state index contributed by atoms with van der Waals surface area (Å²) in [5.41, 5.74) is 2.71. The molecule has 1 N–H and O–H groups in total. The first-order chi connectivity index (χ1) is 9.60. The molecule has 0 atom stereocenters. The fraction of sp³-hybridized carbons (Fsp3) is 0.538. The Balaban J connectivity index is 1.85. The SMILES string of the molecule is CCCn1cc(CNCc2ccn(C(F)F)n2)c(C)n1. The van der Waals surface area contributed by atoms with Gasteiger partial charge in [0.1, 0.15) is 0 Å². The minimum atomic E-state index is -2.58. The largest absolute Gasteiger partial charge is 0.333 e. The van der Waals surface area contributed by atoms with Crippen molar-refractivity contribution in [3.05, 3.63) is 35.4 Å². The van der Waals surface area contributed by atoms with Crippen LogP contribution in [0.4, 0.5) is 8.78 Å². The molecule has 0 aliphatic carbocycles. The lowest BCUT2D eigenvalue weighted by Crippen LogP contribution is -2.14. The summed E-state index contributed by atoms with van der Waals surface area (Å²) in [6, 6.07) is 1.59. The van der Waals surface area contributed by atoms with Gasteiger partial charge in [0, 0.05) is 37.6 Å². The van der Waals surface area contributed by atoms with Crippen molar-refractivity contribution in [2.75, 3.05) is 0 Å². The Morgan fingerprint density at radius 2 is 2.10 bits per heavy atom. The summed E-state index contributed by atoms with van der Waals surface area (Å²) < 4.78 is 27.3. The number of nitrogens with one attached hydrogen (secondary N) is 1. The highest BCUT2D eigenvalue weighted by Gasteiger charge is 2.08. The number of hydrogen-bond acceptors (Lipinski definition) is 3. The molecule has 0 bridgehead atoms. The van der Waals surface area contributed by atoms with E-state index in [-0.39, 0.29) is 0 Å². The van der Waals surface area contributed by atoms with Crippen LogP contribution < -0.4 is 5.32 Å². The zero-order chi connectivity index (χ0) is 14.5. The van der Waals surface area contributed by atoms with Crippen LogP contribution in [0.3, 0.4) is 0 Å². The van der Waals surface area contributed by atoms with Gasteiger partial charge in [-0.3, -0.25) is 4.68 Å². The average Bonchev–Trinajstić information content (AvgIpc) is 2.98. The summed E-state index contributed by atoms with van der Waals surface area (Å²) in [6.45, 7) is 3.50. The standard InChI is InChI=1S/C13H19F2N5/c1-3-5-19-9-11(10(2)17-19)7-16-8-12-4-6-20(18-12)13(14)15/h4,6,9,13,16H,3,5,7-8H2,1-2H3. The smallest absolute Gasteiger partial charge is 0.307 e. The van der Waals surface area contributed by atoms with E-state index in [1.807, 2.05) is 17.8 Å². The van der Waals surface area contributed by atoms with E-state index >= 15 is 0 Å². The van der Waals surface area contributed by atoms with Gasteiger partial charge < -0.3 is 5.32 Å². The molecule has 0 aliphatic rings. The second-order valence-corrected chi connectivity index (χ2v) is 4.67. The van der Waals surface area contributed by atoms with E-state index in [9.17, 15) is 8.78 Å². The Bertz CT molecular complexity index is 547. The van der Waals surface area contributed by atoms with Crippen molar-refractivity contribution >= 4 is 0 Å². The normalized spacial score (nSPS) is 11.4. The minimum absolute atomic E-state index is 0.456. The van der Waals surface area contributed by atoms with Crippen LogP contribution in [-0.4, -0.2) is 19.6 Å². The predicted octanol–water partition coefficient (Wildman–Crippen LogP) is 2.48. The van der Waals surface area contributed by atoms with Crippen molar-refractivity contribution in [1.29, 1.82) is 0 Å². The van der Waals surface area contributed by atoms with E-state index in [4.69, 9.17) is 0 Å². The van der Waals surface area contributed by atoms with E-state index < -0.39 is 6.55 Å². The third-order valence-electron chi connectivity index (χ3n) is 2.99. The van der Waals surface area contributed by atoms with Crippen LogP contribution in [0.5, 0.6) is 0 Å². The highest BCUT2D eigenvalue weighted by atomic mass is 19.3. The van der Waals surface area contributed by atoms with Crippen LogP contribution in [0.2, 0.25) is 0 Å². The zero-order valence-corrected chi connectivity index (χ0v) is 11.7. The summed E-state index contributed by atoms with van der Waals surface area (Å²) in [6.07, 6.45) is 4.34. The highest BCUT2D eigenvalue weighted by Crippen LogP contribution is 2.09. The Kier molecular flexibility index (Phi) is 4.84. The maximum Gasteiger partial charge on any atom is 0.333 e. The van der Waals surface area contributed by atoms with Gasteiger partial charge in [-0.25, -0.2) is 4.68 Å². The topological polar surface area (TPSA) is 47.7 Å². The number of halogens is 2. The molecule has 2 aromatic rings. The number of nitrogens with zero attached hydrogens (tertiary/aromatic N) is 4. The molecule has 0 aliphatic heterocycles. The molecule has 2 heterocycles. The van der Waals surface area contributed by atoms with E-state index in [2.05, 4.69) is 22.4 Å². The van der Waals surface area contributed by atoms with Crippen LogP contribution in [0.25, 0.3) is 0 Å². The van der Waals surface area contributed by atoms with Gasteiger partial charge in [0.15, 0.2) is 0 Å². The third kappa shape index (κ3) is 3.63. The number of rotatable bonds is 7. The van der Waals surface area contributed by atoms with E-state index in [1.54, 1.807) is 6.07 Å². The van der Waals surface area contributed by atoms with Crippen molar-refractivity contribution in [2.45, 2.75) is 46.5 Å². The monoisotopic (exact) mass is 283 g/mol. The molecule has 0 unspecified atom stereocenters. The molecule has 110 valence electrons. The first-order valence-corrected chi connectivity index (χ1v) is 6.66. The molecule has 0 fully saturated rings. The molecule has 7 heteroatoms. The van der Waals surface area contributed by atoms with E-state index in [0.717, 1.165) is 24.2 Å². The predicted molar refractivity (Wildman–Crippen MR) is 71.3 cm³/mol. The molecular weight excluding hydrogens is 264 g/mol. The molecule has 0 amide bonds. The molecule has 20 heavy (non-hydrogen) atoms. The van der Waals surface area contributed by atoms with Crippen molar-refractivity contribution in [3.63, 3.8) is 0 Å². The van der Waals surface area contributed by atoms with E-state index in [0.29, 0.717) is 23.5 Å². The van der Waals surface area contributed by atoms with Crippen molar-refractivity contribution in [2.24, 2.45) is 0 Å². The van der Waals surface area contributed by atoms with Gasteiger partial charge in [0.05, 0.1) is 11.4 Å². The van der Waals surface area contributed by atoms with Crippen LogP contribution in [-0.2, 0) is 19.6 Å². The van der Waals surface area contributed by atoms with Gasteiger partial charge in [-0.2, -0.15) is 19.0 Å². The molecule has 5 nitrogen and oxygen atoms in total. The maximum atomic E-state index is 12.4. The molecule has 0 radical (unpaired) electrons. The molecule has 0 saturated heterocycles. The number of hydrogen-bond donors (Lipinski definition) is 1. The third-order valence-corrected chi connectivity index (χ3v) is 2.99. The second-order valence-electron chi connectivity index (χ2n) is 4.67. The first kappa shape index (κ1) is 14.6. The van der Waals surface area contributed by atoms with Crippen LogP contribution in [0, 0.1) is 6.92 Å². The van der Waals surface area contributed by atoms with Gasteiger partial charge in [0.2, 0.25) is 0 Å². The van der Waals surface area contributed by atoms with Gasteiger partial charge >= 0.3 is 6.55 Å². The summed E-state index contributed by atoms with van der Waals surface area (Å²) in [7, 11) is 0. The average molecular weight is 283 g/mol. The van der Waals surface area contributed by atoms with Gasteiger partial charge in [-0.15, -0.1) is 0 Å². The second kappa shape index (κ2) is 6.60. The molecule has 0 saturated carbocycles. The Morgan fingerprint density at radius 1 is 1.30 bits per heavy atom. The molecule has 2 rings (SSSR count). The van der Waals surface area contributed by atoms with Gasteiger partial charge in [0.25, 0.3) is 0 Å². The lowest BCUT2D eigenvalue weighted by atomic mass is 10.2. The lowest BCUT2D eigenvalue weighted by molar-refractivity contribution is 0.0561.